The number of hydrogen-bond acceptors (Lipinski definition) is 5. The fraction of sp³-hybridized carbons (Fsp3) is 0.800. The SMILES string of the molecule is CCCn1c(=O)n(CCN)c(=O)c2c1nc(C13CC4CC(CC1C4)C3)n2COCC[Si](C)(C)C. The van der Waals surface area contributed by atoms with Crippen LogP contribution in [0.5, 0.6) is 0 Å². The summed E-state index contributed by atoms with van der Waals surface area (Å²) < 4.78 is 11.3. The average Bonchev–Trinajstić information content (AvgIpc) is 3.35. The van der Waals surface area contributed by atoms with Gasteiger partial charge in [-0.05, 0) is 62.3 Å². The third-order valence-corrected chi connectivity index (χ3v) is 10.3. The first-order valence-corrected chi connectivity index (χ1v) is 16.9. The molecule has 8 nitrogen and oxygen atoms in total. The molecule has 4 aliphatic carbocycles. The van der Waals surface area contributed by atoms with Crippen LogP contribution in [0.15, 0.2) is 9.59 Å². The molecule has 2 atom stereocenters. The molecule has 34 heavy (non-hydrogen) atoms. The summed E-state index contributed by atoms with van der Waals surface area (Å²) in [6.45, 7) is 11.1. The molecule has 2 unspecified atom stereocenters. The van der Waals surface area contributed by atoms with Crippen LogP contribution in [0.2, 0.25) is 25.7 Å². The molecule has 4 aliphatic rings. The van der Waals surface area contributed by atoms with Crippen LogP contribution in [-0.2, 0) is 30.0 Å². The van der Waals surface area contributed by atoms with E-state index < -0.39 is 8.07 Å². The lowest BCUT2D eigenvalue weighted by Crippen LogP contribution is -2.42. The van der Waals surface area contributed by atoms with Gasteiger partial charge in [0.1, 0.15) is 12.6 Å². The number of fused-ring (bicyclic) bond motifs is 1. The standard InChI is InChI=1S/C25H41N5O3Si/c1-5-7-28-21-20(22(31)29(8-6-26)24(28)32)30(16-33-9-10-34(2,3)4)23(27-21)25-14-17-11-18(15-25)13-19(25)12-17/h17-19H,5-16,26H2,1-4H3. The van der Waals surface area contributed by atoms with Crippen LogP contribution < -0.4 is 17.0 Å². The molecule has 9 heteroatoms. The number of aromatic nitrogens is 4. The zero-order valence-corrected chi connectivity index (χ0v) is 22.3. The summed E-state index contributed by atoms with van der Waals surface area (Å²) in [5, 5.41) is 0. The first-order chi connectivity index (χ1) is 16.2. The molecule has 2 N–H and O–H groups in total. The van der Waals surface area contributed by atoms with E-state index in [1.807, 2.05) is 6.92 Å². The van der Waals surface area contributed by atoms with E-state index >= 15 is 0 Å². The fourth-order valence-electron chi connectivity index (χ4n) is 7.24. The Morgan fingerprint density at radius 3 is 2.38 bits per heavy atom. The Balaban J connectivity index is 1.67. The molecule has 0 radical (unpaired) electrons. The minimum absolute atomic E-state index is 0.0208. The summed E-state index contributed by atoms with van der Waals surface area (Å²) >= 11 is 0. The summed E-state index contributed by atoms with van der Waals surface area (Å²) in [6.07, 6.45) is 6.99. The second kappa shape index (κ2) is 8.75. The van der Waals surface area contributed by atoms with Crippen LogP contribution in [0.4, 0.5) is 0 Å². The predicted molar refractivity (Wildman–Crippen MR) is 137 cm³/mol. The first kappa shape index (κ1) is 24.0. The number of aryl methyl sites for hydroxylation is 1. The smallest absolute Gasteiger partial charge is 0.332 e. The van der Waals surface area contributed by atoms with Gasteiger partial charge in [0.2, 0.25) is 0 Å². The molecule has 4 saturated carbocycles. The molecule has 0 saturated heterocycles. The monoisotopic (exact) mass is 487 g/mol. The lowest BCUT2D eigenvalue weighted by Gasteiger charge is -2.32. The van der Waals surface area contributed by atoms with Crippen molar-refractivity contribution < 1.29 is 4.74 Å². The maximum Gasteiger partial charge on any atom is 0.332 e. The second-order valence-electron chi connectivity index (χ2n) is 12.3. The van der Waals surface area contributed by atoms with Gasteiger partial charge in [0.05, 0.1) is 0 Å². The van der Waals surface area contributed by atoms with Crippen molar-refractivity contribution in [2.75, 3.05) is 13.2 Å². The number of rotatable bonds is 10. The molecule has 2 aromatic heterocycles. The van der Waals surface area contributed by atoms with Gasteiger partial charge in [0.15, 0.2) is 11.2 Å². The number of imidazole rings is 1. The van der Waals surface area contributed by atoms with Crippen LogP contribution in [0.25, 0.3) is 11.2 Å². The summed E-state index contributed by atoms with van der Waals surface area (Å²) in [4.78, 5) is 32.1. The highest BCUT2D eigenvalue weighted by atomic mass is 28.3. The number of nitrogens with two attached hydrogens (primary N) is 1. The summed E-state index contributed by atoms with van der Waals surface area (Å²) in [5.74, 6) is 3.17. The largest absolute Gasteiger partial charge is 0.361 e. The quantitative estimate of drug-likeness (QED) is 0.410. The van der Waals surface area contributed by atoms with Crippen LogP contribution >= 0.6 is 0 Å². The van der Waals surface area contributed by atoms with E-state index in [4.69, 9.17) is 15.5 Å². The molecule has 4 bridgehead atoms. The number of hydrogen-bond donors (Lipinski definition) is 1. The summed E-state index contributed by atoms with van der Waals surface area (Å²) in [5.41, 5.74) is 6.29. The van der Waals surface area contributed by atoms with E-state index in [0.29, 0.717) is 37.0 Å². The molecular weight excluding hydrogens is 446 g/mol. The van der Waals surface area contributed by atoms with Gasteiger partial charge in [0.25, 0.3) is 5.56 Å². The Morgan fingerprint density at radius 1 is 1.06 bits per heavy atom. The van der Waals surface area contributed by atoms with Gasteiger partial charge in [-0.15, -0.1) is 0 Å². The van der Waals surface area contributed by atoms with E-state index in [1.165, 1.54) is 23.8 Å². The van der Waals surface area contributed by atoms with Gasteiger partial charge in [-0.1, -0.05) is 26.6 Å². The second-order valence-corrected chi connectivity index (χ2v) is 17.9. The van der Waals surface area contributed by atoms with Crippen molar-refractivity contribution in [3.63, 3.8) is 0 Å². The third kappa shape index (κ3) is 3.84. The molecule has 6 rings (SSSR count). The van der Waals surface area contributed by atoms with Gasteiger partial charge < -0.3 is 10.5 Å². The Bertz CT molecular complexity index is 1180. The molecule has 0 spiro atoms. The minimum Gasteiger partial charge on any atom is -0.361 e. The van der Waals surface area contributed by atoms with Crippen molar-refractivity contribution in [2.45, 2.75) is 96.4 Å². The molecule has 2 aromatic rings. The molecular formula is C25H41N5O3Si. The molecule has 4 fully saturated rings. The van der Waals surface area contributed by atoms with Crippen molar-refractivity contribution in [3.05, 3.63) is 26.7 Å². The highest BCUT2D eigenvalue weighted by molar-refractivity contribution is 6.76. The zero-order valence-electron chi connectivity index (χ0n) is 21.3. The van der Waals surface area contributed by atoms with Crippen LogP contribution in [-0.4, -0.2) is 39.9 Å². The number of nitrogens with zero attached hydrogens (tertiary/aromatic N) is 4. The van der Waals surface area contributed by atoms with E-state index in [1.54, 1.807) is 4.57 Å². The van der Waals surface area contributed by atoms with Crippen LogP contribution in [0.1, 0.15) is 51.3 Å². The van der Waals surface area contributed by atoms with Gasteiger partial charge in [-0.25, -0.2) is 9.78 Å². The Labute approximate surface area is 202 Å². The van der Waals surface area contributed by atoms with E-state index in [-0.39, 0.29) is 29.8 Å². The van der Waals surface area contributed by atoms with Gasteiger partial charge in [0, 0.05) is 39.7 Å². The highest BCUT2D eigenvalue weighted by Gasteiger charge is 2.60. The van der Waals surface area contributed by atoms with Crippen LogP contribution in [0.3, 0.4) is 0 Å². The van der Waals surface area contributed by atoms with Crippen molar-refractivity contribution in [1.29, 1.82) is 0 Å². The minimum atomic E-state index is -1.23. The third-order valence-electron chi connectivity index (χ3n) is 8.57. The first-order valence-electron chi connectivity index (χ1n) is 13.2. The topological polar surface area (TPSA) is 97.1 Å². The Kier molecular flexibility index (Phi) is 6.17. The Morgan fingerprint density at radius 2 is 1.76 bits per heavy atom. The molecule has 188 valence electrons. The van der Waals surface area contributed by atoms with Crippen molar-refractivity contribution in [2.24, 2.45) is 23.5 Å². The summed E-state index contributed by atoms with van der Waals surface area (Å²) in [7, 11) is -1.23. The average molecular weight is 488 g/mol. The lowest BCUT2D eigenvalue weighted by atomic mass is 9.75. The lowest BCUT2D eigenvalue weighted by molar-refractivity contribution is 0.0830. The number of ether oxygens (including phenoxy) is 1. The van der Waals surface area contributed by atoms with Crippen molar-refractivity contribution >= 4 is 19.2 Å². The Hall–Kier alpha value is -1.71. The maximum absolute atomic E-state index is 13.7. The highest BCUT2D eigenvalue weighted by Crippen LogP contribution is 2.65. The molecule has 0 aliphatic heterocycles. The zero-order chi connectivity index (χ0) is 24.3. The molecule has 0 amide bonds. The maximum atomic E-state index is 13.7. The van der Waals surface area contributed by atoms with Gasteiger partial charge in [-0.2, -0.15) is 0 Å². The van der Waals surface area contributed by atoms with Crippen LogP contribution in [0, 0.1) is 17.8 Å². The van der Waals surface area contributed by atoms with E-state index in [9.17, 15) is 9.59 Å². The normalized spacial score (nSPS) is 28.0. The van der Waals surface area contributed by atoms with Crippen molar-refractivity contribution in [1.82, 2.24) is 18.7 Å². The van der Waals surface area contributed by atoms with Crippen molar-refractivity contribution in [3.8, 4) is 0 Å². The predicted octanol–water partition coefficient (Wildman–Crippen LogP) is 3.12. The molecule has 0 aromatic carbocycles. The summed E-state index contributed by atoms with van der Waals surface area (Å²) in [6, 6.07) is 1.07. The molecule has 2 heterocycles. The fourth-order valence-corrected chi connectivity index (χ4v) is 8.00. The van der Waals surface area contributed by atoms with Gasteiger partial charge in [-0.3, -0.25) is 18.5 Å². The van der Waals surface area contributed by atoms with E-state index in [2.05, 4.69) is 24.2 Å². The van der Waals surface area contributed by atoms with Gasteiger partial charge >= 0.3 is 5.69 Å². The van der Waals surface area contributed by atoms with E-state index in [0.717, 1.165) is 43.0 Å².